The third-order valence-corrected chi connectivity index (χ3v) is 5.61. The molecule has 1 aliphatic carbocycles. The van der Waals surface area contributed by atoms with Gasteiger partial charge in [0.15, 0.2) is 0 Å². The van der Waals surface area contributed by atoms with Crippen molar-refractivity contribution in [2.45, 2.75) is 77.1 Å². The Kier molecular flexibility index (Phi) is 4.50. The number of fused-ring (bicyclic) bond motifs is 2. The Bertz CT molecular complexity index is 571. The Morgan fingerprint density at radius 2 is 1.96 bits per heavy atom. The predicted octanol–water partition coefficient (Wildman–Crippen LogP) is 4.49. The lowest BCUT2D eigenvalue weighted by molar-refractivity contribution is -0.139. The summed E-state index contributed by atoms with van der Waals surface area (Å²) in [4.78, 5) is 11.9. The number of carbonyl (C=O) groups is 1. The largest absolute Gasteiger partial charge is 0.458 e. The van der Waals surface area contributed by atoms with Gasteiger partial charge in [0.25, 0.3) is 0 Å². The van der Waals surface area contributed by atoms with Crippen LogP contribution in [-0.4, -0.2) is 23.8 Å². The topological polar surface area (TPSA) is 38.8 Å². The molecular formula is C20H28O3. The number of allylic oxidation sites excluding steroid dienone is 3. The molecule has 3 heteroatoms. The Morgan fingerprint density at radius 3 is 2.74 bits per heavy atom. The fourth-order valence-corrected chi connectivity index (χ4v) is 3.84. The monoisotopic (exact) mass is 316 g/mol. The SMILES string of the molecule is C=C1C(=O)O[C@@H]2C/C(C)=C/CC/C(C)=C/CCC3(C)OC3C[C@H]12. The third kappa shape index (κ3) is 3.60. The molecule has 0 aromatic heterocycles. The van der Waals surface area contributed by atoms with Gasteiger partial charge in [0.2, 0.25) is 0 Å². The molecule has 2 unspecified atom stereocenters. The lowest BCUT2D eigenvalue weighted by Gasteiger charge is -2.18. The number of hydrogen-bond acceptors (Lipinski definition) is 3. The van der Waals surface area contributed by atoms with Crippen LogP contribution in [0.25, 0.3) is 0 Å². The van der Waals surface area contributed by atoms with Gasteiger partial charge in [-0.05, 0) is 52.9 Å². The fourth-order valence-electron chi connectivity index (χ4n) is 3.84. The van der Waals surface area contributed by atoms with Gasteiger partial charge in [-0.15, -0.1) is 0 Å². The molecule has 3 nitrogen and oxygen atoms in total. The van der Waals surface area contributed by atoms with Crippen LogP contribution in [-0.2, 0) is 14.3 Å². The van der Waals surface area contributed by atoms with E-state index in [1.807, 2.05) is 0 Å². The minimum absolute atomic E-state index is 0.0394. The van der Waals surface area contributed by atoms with Gasteiger partial charge >= 0.3 is 5.97 Å². The highest BCUT2D eigenvalue weighted by Crippen LogP contribution is 2.47. The first-order valence-electron chi connectivity index (χ1n) is 8.78. The first-order valence-corrected chi connectivity index (χ1v) is 8.78. The van der Waals surface area contributed by atoms with E-state index in [1.165, 1.54) is 11.1 Å². The van der Waals surface area contributed by atoms with Crippen LogP contribution in [0.1, 0.15) is 59.3 Å². The van der Waals surface area contributed by atoms with E-state index in [-0.39, 0.29) is 29.7 Å². The van der Waals surface area contributed by atoms with Gasteiger partial charge in [0, 0.05) is 17.9 Å². The summed E-state index contributed by atoms with van der Waals surface area (Å²) in [5.74, 6) is -0.130. The first kappa shape index (κ1) is 16.5. The summed E-state index contributed by atoms with van der Waals surface area (Å²) in [6.07, 6.45) is 10.7. The molecule has 23 heavy (non-hydrogen) atoms. The number of rotatable bonds is 0. The summed E-state index contributed by atoms with van der Waals surface area (Å²) < 4.78 is 11.6. The van der Waals surface area contributed by atoms with Crippen molar-refractivity contribution in [2.24, 2.45) is 5.92 Å². The molecule has 0 bridgehead atoms. The van der Waals surface area contributed by atoms with E-state index in [4.69, 9.17) is 9.47 Å². The van der Waals surface area contributed by atoms with Crippen molar-refractivity contribution in [3.63, 3.8) is 0 Å². The van der Waals surface area contributed by atoms with Gasteiger partial charge in [0.05, 0.1) is 11.7 Å². The minimum atomic E-state index is -0.225. The molecule has 0 saturated carbocycles. The maximum atomic E-state index is 11.9. The summed E-state index contributed by atoms with van der Waals surface area (Å²) in [6.45, 7) is 10.5. The van der Waals surface area contributed by atoms with Gasteiger partial charge in [-0.1, -0.05) is 29.9 Å². The zero-order chi connectivity index (χ0) is 16.6. The molecule has 0 amide bonds. The van der Waals surface area contributed by atoms with Gasteiger partial charge in [0.1, 0.15) is 6.10 Å². The van der Waals surface area contributed by atoms with Crippen LogP contribution in [0.4, 0.5) is 0 Å². The van der Waals surface area contributed by atoms with Crippen molar-refractivity contribution in [1.82, 2.24) is 0 Å². The second-order valence-corrected chi connectivity index (χ2v) is 7.61. The van der Waals surface area contributed by atoms with E-state index in [9.17, 15) is 4.79 Å². The van der Waals surface area contributed by atoms with Crippen molar-refractivity contribution in [3.05, 3.63) is 35.5 Å². The van der Waals surface area contributed by atoms with Crippen molar-refractivity contribution in [2.75, 3.05) is 0 Å². The molecule has 3 rings (SSSR count). The van der Waals surface area contributed by atoms with Crippen molar-refractivity contribution < 1.29 is 14.3 Å². The zero-order valence-corrected chi connectivity index (χ0v) is 14.6. The normalized spacial score (nSPS) is 43.2. The van der Waals surface area contributed by atoms with Crippen LogP contribution >= 0.6 is 0 Å². The molecule has 126 valence electrons. The number of hydrogen-bond donors (Lipinski definition) is 0. The van der Waals surface area contributed by atoms with Crippen LogP contribution < -0.4 is 0 Å². The molecule has 0 radical (unpaired) electrons. The number of epoxide rings is 1. The summed E-state index contributed by atoms with van der Waals surface area (Å²) >= 11 is 0. The number of esters is 1. The Morgan fingerprint density at radius 1 is 1.22 bits per heavy atom. The van der Waals surface area contributed by atoms with E-state index in [0.717, 1.165) is 38.5 Å². The molecule has 2 saturated heterocycles. The number of ether oxygens (including phenoxy) is 2. The van der Waals surface area contributed by atoms with E-state index in [2.05, 4.69) is 39.5 Å². The zero-order valence-electron chi connectivity index (χ0n) is 14.6. The van der Waals surface area contributed by atoms with Crippen LogP contribution in [0, 0.1) is 5.92 Å². The molecule has 3 aliphatic rings. The first-order chi connectivity index (χ1) is 10.9. The average molecular weight is 316 g/mol. The van der Waals surface area contributed by atoms with Crippen LogP contribution in [0.15, 0.2) is 35.5 Å². The third-order valence-electron chi connectivity index (χ3n) is 5.61. The predicted molar refractivity (Wildman–Crippen MR) is 91.0 cm³/mol. The summed E-state index contributed by atoms with van der Waals surface area (Å²) in [5, 5.41) is 0. The Balaban J connectivity index is 1.78. The molecular weight excluding hydrogens is 288 g/mol. The Hall–Kier alpha value is -1.35. The standard InChI is InChI=1S/C20H28O3/c1-13-7-5-8-14(2)11-17-16(15(3)19(21)22-17)12-18-20(4,23-18)10-6-9-13/h8-9,16-18H,3,5-7,10-12H2,1-2,4H3/b13-9+,14-8+/t16-,17-,18?,20?/m1/s1. The molecule has 2 heterocycles. The van der Waals surface area contributed by atoms with Gasteiger partial charge in [-0.3, -0.25) is 0 Å². The molecule has 4 atom stereocenters. The van der Waals surface area contributed by atoms with Gasteiger partial charge in [-0.2, -0.15) is 0 Å². The van der Waals surface area contributed by atoms with Crippen LogP contribution in [0.3, 0.4) is 0 Å². The van der Waals surface area contributed by atoms with E-state index >= 15 is 0 Å². The molecule has 0 N–H and O–H groups in total. The lowest BCUT2D eigenvalue weighted by Crippen LogP contribution is -2.21. The maximum Gasteiger partial charge on any atom is 0.334 e. The lowest BCUT2D eigenvalue weighted by atomic mass is 9.85. The van der Waals surface area contributed by atoms with Crippen molar-refractivity contribution in [3.8, 4) is 0 Å². The van der Waals surface area contributed by atoms with Crippen LogP contribution in [0.5, 0.6) is 0 Å². The van der Waals surface area contributed by atoms with Crippen LogP contribution in [0.2, 0.25) is 0 Å². The quantitative estimate of drug-likeness (QED) is 0.286. The summed E-state index contributed by atoms with van der Waals surface area (Å²) in [6, 6.07) is 0. The highest BCUT2D eigenvalue weighted by Gasteiger charge is 2.54. The molecule has 0 aromatic rings. The maximum absolute atomic E-state index is 11.9. The van der Waals surface area contributed by atoms with E-state index in [0.29, 0.717) is 5.57 Å². The van der Waals surface area contributed by atoms with Gasteiger partial charge < -0.3 is 9.47 Å². The average Bonchev–Trinajstić information content (AvgIpc) is 3.04. The molecule has 2 fully saturated rings. The van der Waals surface area contributed by atoms with E-state index < -0.39 is 0 Å². The van der Waals surface area contributed by atoms with Crippen molar-refractivity contribution in [1.29, 1.82) is 0 Å². The molecule has 2 aliphatic heterocycles. The summed E-state index contributed by atoms with van der Waals surface area (Å²) in [5.41, 5.74) is 3.34. The molecule has 0 spiro atoms. The highest BCUT2D eigenvalue weighted by molar-refractivity contribution is 5.90. The smallest absolute Gasteiger partial charge is 0.334 e. The Labute approximate surface area is 139 Å². The second-order valence-electron chi connectivity index (χ2n) is 7.61. The van der Waals surface area contributed by atoms with Gasteiger partial charge in [-0.25, -0.2) is 4.79 Å². The fraction of sp³-hybridized carbons (Fsp3) is 0.650. The number of carbonyl (C=O) groups excluding carboxylic acids is 1. The minimum Gasteiger partial charge on any atom is -0.458 e. The second kappa shape index (κ2) is 6.27. The van der Waals surface area contributed by atoms with E-state index in [1.54, 1.807) is 0 Å². The highest BCUT2D eigenvalue weighted by atomic mass is 16.6. The van der Waals surface area contributed by atoms with Crippen molar-refractivity contribution >= 4 is 5.97 Å². The molecule has 0 aromatic carbocycles. The summed E-state index contributed by atoms with van der Waals surface area (Å²) in [7, 11) is 0.